The van der Waals surface area contributed by atoms with Gasteiger partial charge in [-0.15, -0.1) is 0 Å². The van der Waals surface area contributed by atoms with E-state index in [-0.39, 0.29) is 6.04 Å². The number of nitrogens with zero attached hydrogens (tertiary/aromatic N) is 1. The molecule has 9 rings (SSSR count). The van der Waals surface area contributed by atoms with Crippen molar-refractivity contribution in [2.24, 2.45) is 0 Å². The molecule has 60 heavy (non-hydrogen) atoms. The lowest BCUT2D eigenvalue weighted by Crippen LogP contribution is -2.28. The topological polar surface area (TPSA) is 55.0 Å². The summed E-state index contributed by atoms with van der Waals surface area (Å²) in [6.45, 7) is 6.97. The standard InChI is InChI=1S/C56H50N4/c1-4-15-38(2)39(3)48-32-30-45(44-31-33-55-51(35-44)49-23-14-25-54(49)60(55)47-20-9-6-10-21-47)36-53(48)58-37-59-56(50-22-11-12-24-52(50)57)46-19-13-18-43(34-46)42-28-26-41(27-29-42)40-16-7-5-8-17-40/h4-24,26-36,56,58-59H,25,37,57H2,1-3H3/b15-4-,39-38+. The number of nitrogens with one attached hydrogen (secondary N) is 2. The van der Waals surface area contributed by atoms with Crippen LogP contribution < -0.4 is 16.4 Å². The highest BCUT2D eigenvalue weighted by molar-refractivity contribution is 5.97. The molecular formula is C56H50N4. The Bertz CT molecular complexity index is 2900. The molecule has 7 aromatic carbocycles. The quantitative estimate of drug-likeness (QED) is 0.0658. The number of para-hydroxylation sites is 2. The summed E-state index contributed by atoms with van der Waals surface area (Å²) in [5.41, 5.74) is 26.6. The zero-order chi connectivity index (χ0) is 41.0. The number of rotatable bonds is 12. The lowest BCUT2D eigenvalue weighted by molar-refractivity contribution is 0.638. The van der Waals surface area contributed by atoms with Crippen LogP contribution in [0.3, 0.4) is 0 Å². The fourth-order valence-electron chi connectivity index (χ4n) is 8.69. The molecule has 4 heteroatoms. The molecule has 1 unspecified atom stereocenters. The van der Waals surface area contributed by atoms with E-state index in [1.54, 1.807) is 0 Å². The second-order valence-corrected chi connectivity index (χ2v) is 15.6. The summed E-state index contributed by atoms with van der Waals surface area (Å²) in [6.07, 6.45) is 9.78. The lowest BCUT2D eigenvalue weighted by Gasteiger charge is -2.24. The molecule has 0 amide bonds. The van der Waals surface area contributed by atoms with Gasteiger partial charge in [-0.3, -0.25) is 5.32 Å². The zero-order valence-corrected chi connectivity index (χ0v) is 34.5. The number of hydrogen-bond donors (Lipinski definition) is 3. The van der Waals surface area contributed by atoms with E-state index >= 15 is 0 Å². The van der Waals surface area contributed by atoms with Crippen molar-refractivity contribution in [3.8, 4) is 39.1 Å². The monoisotopic (exact) mass is 778 g/mol. The highest BCUT2D eigenvalue weighted by Gasteiger charge is 2.21. The molecule has 0 spiro atoms. The van der Waals surface area contributed by atoms with Crippen molar-refractivity contribution in [2.75, 3.05) is 17.7 Å². The van der Waals surface area contributed by atoms with Gasteiger partial charge in [0.15, 0.2) is 0 Å². The zero-order valence-electron chi connectivity index (χ0n) is 34.5. The summed E-state index contributed by atoms with van der Waals surface area (Å²) in [7, 11) is 0. The molecule has 8 aromatic rings. The van der Waals surface area contributed by atoms with Gasteiger partial charge in [0, 0.05) is 45.7 Å². The number of aromatic nitrogens is 1. The molecule has 1 aliphatic carbocycles. The minimum absolute atomic E-state index is 0.151. The van der Waals surface area contributed by atoms with Crippen LogP contribution in [-0.4, -0.2) is 11.2 Å². The third kappa shape index (κ3) is 7.61. The number of nitrogens with two attached hydrogens (primary N) is 1. The van der Waals surface area contributed by atoms with E-state index in [4.69, 9.17) is 5.73 Å². The van der Waals surface area contributed by atoms with Crippen LogP contribution in [0.15, 0.2) is 194 Å². The van der Waals surface area contributed by atoms with Crippen molar-refractivity contribution in [1.82, 2.24) is 9.88 Å². The molecule has 1 aliphatic rings. The average Bonchev–Trinajstić information content (AvgIpc) is 3.90. The average molecular weight is 779 g/mol. The first-order chi connectivity index (χ1) is 29.5. The van der Waals surface area contributed by atoms with Crippen molar-refractivity contribution >= 4 is 33.9 Å². The molecule has 0 saturated carbocycles. The molecule has 4 nitrogen and oxygen atoms in total. The first-order valence-corrected chi connectivity index (χ1v) is 20.9. The van der Waals surface area contributed by atoms with Crippen LogP contribution in [0.25, 0.3) is 61.6 Å². The molecule has 0 radical (unpaired) electrons. The van der Waals surface area contributed by atoms with Gasteiger partial charge < -0.3 is 15.6 Å². The lowest BCUT2D eigenvalue weighted by atomic mass is 9.93. The Morgan fingerprint density at radius 2 is 1.30 bits per heavy atom. The predicted octanol–water partition coefficient (Wildman–Crippen LogP) is 13.9. The van der Waals surface area contributed by atoms with E-state index in [1.807, 2.05) is 12.1 Å². The fourth-order valence-corrected chi connectivity index (χ4v) is 8.69. The molecule has 0 fully saturated rings. The van der Waals surface area contributed by atoms with Crippen LogP contribution in [0.2, 0.25) is 0 Å². The molecule has 0 aliphatic heterocycles. The van der Waals surface area contributed by atoms with E-state index in [9.17, 15) is 0 Å². The first-order valence-electron chi connectivity index (χ1n) is 20.9. The maximum Gasteiger partial charge on any atom is 0.0660 e. The van der Waals surface area contributed by atoms with E-state index in [2.05, 4.69) is 218 Å². The number of anilines is 2. The highest BCUT2D eigenvalue weighted by atomic mass is 15.1. The Kier molecular flexibility index (Phi) is 10.9. The van der Waals surface area contributed by atoms with Crippen LogP contribution in [0.4, 0.5) is 11.4 Å². The Balaban J connectivity index is 1.04. The smallest absolute Gasteiger partial charge is 0.0660 e. The highest BCUT2D eigenvalue weighted by Crippen LogP contribution is 2.39. The van der Waals surface area contributed by atoms with Crippen molar-refractivity contribution < 1.29 is 0 Å². The molecule has 0 saturated heterocycles. The summed E-state index contributed by atoms with van der Waals surface area (Å²) in [4.78, 5) is 0. The van der Waals surface area contributed by atoms with Gasteiger partial charge in [0.2, 0.25) is 0 Å². The molecule has 1 heterocycles. The Morgan fingerprint density at radius 3 is 2.07 bits per heavy atom. The SMILES string of the molecule is C/C=C\C(C)=C(/C)c1ccc(-c2ccc3c(c2)c2c(n3-c3ccccc3)CC=C2)cc1NCNC(c1cccc(-c2ccc(-c3ccccc3)cc2)c1)c1ccccc1N. The summed E-state index contributed by atoms with van der Waals surface area (Å²) >= 11 is 0. The summed E-state index contributed by atoms with van der Waals surface area (Å²) in [5, 5.41) is 8.98. The van der Waals surface area contributed by atoms with Crippen molar-refractivity contribution in [3.05, 3.63) is 222 Å². The molecule has 0 bridgehead atoms. The summed E-state index contributed by atoms with van der Waals surface area (Å²) in [5.74, 6) is 0. The van der Waals surface area contributed by atoms with Crippen molar-refractivity contribution in [3.63, 3.8) is 0 Å². The van der Waals surface area contributed by atoms with Gasteiger partial charge in [-0.25, -0.2) is 0 Å². The minimum Gasteiger partial charge on any atom is -0.398 e. The van der Waals surface area contributed by atoms with E-state index in [0.717, 1.165) is 40.0 Å². The van der Waals surface area contributed by atoms with Gasteiger partial charge in [0.1, 0.15) is 0 Å². The Hall–Kier alpha value is -7.14. The van der Waals surface area contributed by atoms with Gasteiger partial charge in [0.05, 0.1) is 18.2 Å². The third-order valence-corrected chi connectivity index (χ3v) is 11.9. The number of benzene rings is 7. The van der Waals surface area contributed by atoms with Crippen LogP contribution in [-0.2, 0) is 6.42 Å². The van der Waals surface area contributed by atoms with Crippen molar-refractivity contribution in [2.45, 2.75) is 33.2 Å². The van der Waals surface area contributed by atoms with Gasteiger partial charge >= 0.3 is 0 Å². The molecule has 294 valence electrons. The number of allylic oxidation sites excluding steroid dienone is 5. The van der Waals surface area contributed by atoms with Crippen LogP contribution in [0, 0.1) is 0 Å². The third-order valence-electron chi connectivity index (χ3n) is 11.9. The maximum absolute atomic E-state index is 6.70. The molecule has 1 atom stereocenters. The maximum atomic E-state index is 6.70. The van der Waals surface area contributed by atoms with E-state index in [0.29, 0.717) is 6.67 Å². The number of fused-ring (bicyclic) bond motifs is 3. The second kappa shape index (κ2) is 17.0. The van der Waals surface area contributed by atoms with Gasteiger partial charge in [0.25, 0.3) is 0 Å². The largest absolute Gasteiger partial charge is 0.398 e. The molecule has 1 aromatic heterocycles. The Labute approximate surface area is 354 Å². The minimum atomic E-state index is -0.151. The first kappa shape index (κ1) is 38.4. The Morgan fingerprint density at radius 1 is 0.667 bits per heavy atom. The van der Waals surface area contributed by atoms with Gasteiger partial charge in [-0.2, -0.15) is 0 Å². The normalized spacial score (nSPS) is 13.1. The van der Waals surface area contributed by atoms with Crippen LogP contribution in [0.5, 0.6) is 0 Å². The second-order valence-electron chi connectivity index (χ2n) is 15.6. The predicted molar refractivity (Wildman–Crippen MR) is 256 cm³/mol. The number of nitrogen functional groups attached to an aromatic ring is 1. The fraction of sp³-hybridized carbons (Fsp3) is 0.107. The van der Waals surface area contributed by atoms with Crippen LogP contribution in [0.1, 0.15) is 54.8 Å². The molecular weight excluding hydrogens is 729 g/mol. The summed E-state index contributed by atoms with van der Waals surface area (Å²) in [6, 6.07) is 60.6. The van der Waals surface area contributed by atoms with E-state index < -0.39 is 0 Å². The summed E-state index contributed by atoms with van der Waals surface area (Å²) < 4.78 is 2.42. The van der Waals surface area contributed by atoms with Crippen LogP contribution >= 0.6 is 0 Å². The molecule has 4 N–H and O–H groups in total. The van der Waals surface area contributed by atoms with Gasteiger partial charge in [-0.05, 0) is 119 Å². The van der Waals surface area contributed by atoms with Crippen molar-refractivity contribution in [1.29, 1.82) is 0 Å². The van der Waals surface area contributed by atoms with E-state index in [1.165, 1.54) is 66.8 Å². The van der Waals surface area contributed by atoms with Gasteiger partial charge in [-0.1, -0.05) is 152 Å². The number of hydrogen-bond acceptors (Lipinski definition) is 3.